The van der Waals surface area contributed by atoms with Crippen molar-refractivity contribution in [3.8, 4) is 0 Å². The lowest BCUT2D eigenvalue weighted by Crippen LogP contribution is -2.30. The second-order valence-electron chi connectivity index (χ2n) is 3.07. The van der Waals surface area contributed by atoms with Gasteiger partial charge in [-0.25, -0.2) is 4.39 Å². The first-order valence-electron chi connectivity index (χ1n) is 4.33. The van der Waals surface area contributed by atoms with Crippen LogP contribution >= 0.6 is 0 Å². The van der Waals surface area contributed by atoms with E-state index in [4.69, 9.17) is 10.8 Å². The number of aliphatic carboxylic acids is 1. The summed E-state index contributed by atoms with van der Waals surface area (Å²) in [5.41, 5.74) is 5.80. The summed E-state index contributed by atoms with van der Waals surface area (Å²) >= 11 is 0. The molecule has 0 aromatic heterocycles. The maximum absolute atomic E-state index is 13.1. The molecule has 0 unspecified atom stereocenters. The number of rotatable bonds is 4. The zero-order chi connectivity index (χ0) is 10.6. The van der Waals surface area contributed by atoms with Gasteiger partial charge in [0.15, 0.2) is 0 Å². The van der Waals surface area contributed by atoms with Crippen molar-refractivity contribution in [2.24, 2.45) is 5.73 Å². The van der Waals surface area contributed by atoms with Crippen LogP contribution in [-0.4, -0.2) is 17.1 Å². The normalized spacial score (nSPS) is 12.4. The topological polar surface area (TPSA) is 63.3 Å². The minimum Gasteiger partial charge on any atom is -0.480 e. The molecule has 14 heavy (non-hydrogen) atoms. The van der Waals surface area contributed by atoms with Crippen LogP contribution < -0.4 is 5.73 Å². The lowest BCUT2D eigenvalue weighted by atomic mass is 10.1. The first-order valence-corrected chi connectivity index (χ1v) is 4.33. The Balaban J connectivity index is 2.54. The second-order valence-corrected chi connectivity index (χ2v) is 3.07. The van der Waals surface area contributed by atoms with E-state index in [-0.39, 0.29) is 12.2 Å². The summed E-state index contributed by atoms with van der Waals surface area (Å²) in [6.45, 7) is 0. The Hall–Kier alpha value is -1.42. The van der Waals surface area contributed by atoms with Gasteiger partial charge in [-0.05, 0) is 24.5 Å². The van der Waals surface area contributed by atoms with E-state index in [1.54, 1.807) is 18.2 Å². The number of carboxylic acid groups (broad SMARTS) is 1. The number of nitrogens with two attached hydrogens (primary N) is 1. The van der Waals surface area contributed by atoms with Crippen molar-refractivity contribution < 1.29 is 14.3 Å². The largest absolute Gasteiger partial charge is 0.480 e. The van der Waals surface area contributed by atoms with Gasteiger partial charge in [-0.1, -0.05) is 18.2 Å². The second kappa shape index (κ2) is 4.72. The molecule has 76 valence electrons. The summed E-state index contributed by atoms with van der Waals surface area (Å²) in [6.07, 6.45) is 0.594. The molecular weight excluding hydrogens is 185 g/mol. The summed E-state index contributed by atoms with van der Waals surface area (Å²) in [7, 11) is 0. The highest BCUT2D eigenvalue weighted by Gasteiger charge is 2.11. The number of halogens is 1. The van der Waals surface area contributed by atoms with Crippen LogP contribution in [0.5, 0.6) is 0 Å². The van der Waals surface area contributed by atoms with Gasteiger partial charge < -0.3 is 10.8 Å². The molecule has 0 spiro atoms. The molecule has 3 N–H and O–H groups in total. The maximum Gasteiger partial charge on any atom is 0.320 e. The van der Waals surface area contributed by atoms with E-state index in [9.17, 15) is 9.18 Å². The Labute approximate surface area is 81.4 Å². The number of hydrogen-bond donors (Lipinski definition) is 2. The zero-order valence-electron chi connectivity index (χ0n) is 7.61. The zero-order valence-corrected chi connectivity index (χ0v) is 7.61. The summed E-state index contributed by atoms with van der Waals surface area (Å²) in [5, 5.41) is 8.51. The molecule has 1 aromatic carbocycles. The molecule has 0 bridgehead atoms. The van der Waals surface area contributed by atoms with Gasteiger partial charge in [0.05, 0.1) is 0 Å². The van der Waals surface area contributed by atoms with Gasteiger partial charge in [0.25, 0.3) is 0 Å². The first kappa shape index (κ1) is 10.7. The molecule has 0 heterocycles. The Bertz CT molecular complexity index is 328. The Morgan fingerprint density at radius 2 is 2.14 bits per heavy atom. The van der Waals surface area contributed by atoms with E-state index < -0.39 is 12.0 Å². The Morgan fingerprint density at radius 1 is 1.50 bits per heavy atom. The monoisotopic (exact) mass is 197 g/mol. The Morgan fingerprint density at radius 3 is 2.71 bits per heavy atom. The molecule has 0 saturated heterocycles. The minimum atomic E-state index is -1.05. The van der Waals surface area contributed by atoms with Crippen molar-refractivity contribution in [1.29, 1.82) is 0 Å². The van der Waals surface area contributed by atoms with Crippen molar-refractivity contribution in [3.05, 3.63) is 35.6 Å². The molecular formula is C10H12FNO2. The van der Waals surface area contributed by atoms with Gasteiger partial charge in [-0.15, -0.1) is 0 Å². The van der Waals surface area contributed by atoms with E-state index in [2.05, 4.69) is 0 Å². The van der Waals surface area contributed by atoms with Gasteiger partial charge in [0, 0.05) is 0 Å². The standard InChI is InChI=1S/C10H12FNO2/c11-8-4-2-1-3-7(8)5-6-9(12)10(13)14/h1-4,9H,5-6,12H2,(H,13,14)/t9-/m1/s1. The average Bonchev–Trinajstić information content (AvgIpc) is 2.16. The molecule has 0 saturated carbocycles. The molecule has 3 nitrogen and oxygen atoms in total. The van der Waals surface area contributed by atoms with Gasteiger partial charge in [-0.3, -0.25) is 4.79 Å². The van der Waals surface area contributed by atoms with Gasteiger partial charge >= 0.3 is 5.97 Å². The van der Waals surface area contributed by atoms with Crippen LogP contribution in [0.15, 0.2) is 24.3 Å². The minimum absolute atomic E-state index is 0.246. The lowest BCUT2D eigenvalue weighted by Gasteiger charge is -2.06. The van der Waals surface area contributed by atoms with E-state index in [1.807, 2.05) is 0 Å². The number of carboxylic acids is 1. The van der Waals surface area contributed by atoms with E-state index in [0.29, 0.717) is 12.0 Å². The van der Waals surface area contributed by atoms with Crippen molar-refractivity contribution in [1.82, 2.24) is 0 Å². The molecule has 0 aliphatic heterocycles. The highest BCUT2D eigenvalue weighted by molar-refractivity contribution is 5.73. The van der Waals surface area contributed by atoms with Crippen LogP contribution in [-0.2, 0) is 11.2 Å². The molecule has 0 aliphatic carbocycles. The fraction of sp³-hybridized carbons (Fsp3) is 0.300. The molecule has 4 heteroatoms. The van der Waals surface area contributed by atoms with Crippen LogP contribution in [0.2, 0.25) is 0 Å². The molecule has 0 fully saturated rings. The molecule has 1 rings (SSSR count). The number of hydrogen-bond acceptors (Lipinski definition) is 2. The van der Waals surface area contributed by atoms with Crippen LogP contribution in [0.1, 0.15) is 12.0 Å². The Kier molecular flexibility index (Phi) is 3.59. The molecule has 0 radical (unpaired) electrons. The average molecular weight is 197 g/mol. The van der Waals surface area contributed by atoms with E-state index >= 15 is 0 Å². The van der Waals surface area contributed by atoms with Crippen LogP contribution in [0, 0.1) is 5.82 Å². The highest BCUT2D eigenvalue weighted by Crippen LogP contribution is 2.09. The summed E-state index contributed by atoms with van der Waals surface area (Å²) in [4.78, 5) is 10.4. The third-order valence-corrected chi connectivity index (χ3v) is 2.00. The predicted molar refractivity (Wildman–Crippen MR) is 50.3 cm³/mol. The van der Waals surface area contributed by atoms with Crippen LogP contribution in [0.4, 0.5) is 4.39 Å². The van der Waals surface area contributed by atoms with Crippen LogP contribution in [0.3, 0.4) is 0 Å². The fourth-order valence-corrected chi connectivity index (χ4v) is 1.14. The summed E-state index contributed by atoms with van der Waals surface area (Å²) < 4.78 is 13.1. The van der Waals surface area contributed by atoms with Crippen LogP contribution in [0.25, 0.3) is 0 Å². The van der Waals surface area contributed by atoms with Crippen molar-refractivity contribution in [3.63, 3.8) is 0 Å². The smallest absolute Gasteiger partial charge is 0.320 e. The van der Waals surface area contributed by atoms with Gasteiger partial charge in [0.1, 0.15) is 11.9 Å². The number of aryl methyl sites for hydroxylation is 1. The SMILES string of the molecule is N[C@H](CCc1ccccc1F)C(=O)O. The van der Waals surface area contributed by atoms with Gasteiger partial charge in [-0.2, -0.15) is 0 Å². The molecule has 1 aromatic rings. The molecule has 0 amide bonds. The maximum atomic E-state index is 13.1. The summed E-state index contributed by atoms with van der Waals surface area (Å²) in [6, 6.07) is 5.36. The van der Waals surface area contributed by atoms with Crippen molar-refractivity contribution in [2.45, 2.75) is 18.9 Å². The fourth-order valence-electron chi connectivity index (χ4n) is 1.14. The number of benzene rings is 1. The summed E-state index contributed by atoms with van der Waals surface area (Å²) in [5.74, 6) is -1.37. The number of carbonyl (C=O) groups is 1. The third-order valence-electron chi connectivity index (χ3n) is 2.00. The third kappa shape index (κ3) is 2.81. The quantitative estimate of drug-likeness (QED) is 0.761. The molecule has 0 aliphatic rings. The van der Waals surface area contributed by atoms with E-state index in [0.717, 1.165) is 0 Å². The first-order chi connectivity index (χ1) is 6.61. The van der Waals surface area contributed by atoms with Gasteiger partial charge in [0.2, 0.25) is 0 Å². The van der Waals surface area contributed by atoms with E-state index in [1.165, 1.54) is 6.07 Å². The van der Waals surface area contributed by atoms with Crippen molar-refractivity contribution >= 4 is 5.97 Å². The predicted octanol–water partition coefficient (Wildman–Crippen LogP) is 1.17. The highest BCUT2D eigenvalue weighted by atomic mass is 19.1. The molecule has 1 atom stereocenters. The lowest BCUT2D eigenvalue weighted by molar-refractivity contribution is -0.138. The van der Waals surface area contributed by atoms with Crippen molar-refractivity contribution in [2.75, 3.05) is 0 Å².